The number of carbonyl (C=O) groups is 1. The SMILES string of the molecule is CNCCN(C)C(=O)CSc1cc(Cl)ccc1Cl. The Balaban J connectivity index is 2.49. The molecule has 0 spiro atoms. The third-order valence-corrected chi connectivity index (χ3v) is 4.08. The Morgan fingerprint density at radius 3 is 2.83 bits per heavy atom. The topological polar surface area (TPSA) is 32.3 Å². The van der Waals surface area contributed by atoms with Crippen LogP contribution in [0.4, 0.5) is 0 Å². The Morgan fingerprint density at radius 2 is 2.17 bits per heavy atom. The van der Waals surface area contributed by atoms with Crippen LogP contribution in [-0.4, -0.2) is 43.7 Å². The molecule has 0 atom stereocenters. The van der Waals surface area contributed by atoms with Crippen molar-refractivity contribution in [2.45, 2.75) is 4.90 Å². The maximum absolute atomic E-state index is 11.8. The van der Waals surface area contributed by atoms with Crippen LogP contribution in [0.1, 0.15) is 0 Å². The summed E-state index contributed by atoms with van der Waals surface area (Å²) in [5, 5.41) is 4.25. The average molecular weight is 307 g/mol. The molecule has 3 nitrogen and oxygen atoms in total. The van der Waals surface area contributed by atoms with E-state index in [0.29, 0.717) is 22.3 Å². The fourth-order valence-corrected chi connectivity index (χ4v) is 2.68. The minimum atomic E-state index is 0.0753. The van der Waals surface area contributed by atoms with Crippen molar-refractivity contribution in [3.63, 3.8) is 0 Å². The van der Waals surface area contributed by atoms with Gasteiger partial charge in [-0.3, -0.25) is 4.79 Å². The lowest BCUT2D eigenvalue weighted by Crippen LogP contribution is -2.33. The van der Waals surface area contributed by atoms with E-state index in [2.05, 4.69) is 5.32 Å². The van der Waals surface area contributed by atoms with E-state index in [1.165, 1.54) is 11.8 Å². The second kappa shape index (κ2) is 7.89. The van der Waals surface area contributed by atoms with Gasteiger partial charge in [-0.25, -0.2) is 0 Å². The van der Waals surface area contributed by atoms with E-state index < -0.39 is 0 Å². The second-order valence-corrected chi connectivity index (χ2v) is 5.64. The minimum absolute atomic E-state index is 0.0753. The molecule has 0 aliphatic carbocycles. The lowest BCUT2D eigenvalue weighted by molar-refractivity contribution is -0.127. The molecule has 18 heavy (non-hydrogen) atoms. The summed E-state index contributed by atoms with van der Waals surface area (Å²) in [6, 6.07) is 5.24. The molecule has 0 bridgehead atoms. The van der Waals surface area contributed by atoms with E-state index in [1.54, 1.807) is 30.1 Å². The summed E-state index contributed by atoms with van der Waals surface area (Å²) in [6.45, 7) is 1.48. The van der Waals surface area contributed by atoms with Gasteiger partial charge in [0.05, 0.1) is 10.8 Å². The summed E-state index contributed by atoms with van der Waals surface area (Å²) in [5.41, 5.74) is 0. The summed E-state index contributed by atoms with van der Waals surface area (Å²) in [7, 11) is 3.65. The second-order valence-electron chi connectivity index (χ2n) is 3.78. The molecule has 1 rings (SSSR count). The van der Waals surface area contributed by atoms with Crippen LogP contribution in [0.3, 0.4) is 0 Å². The summed E-state index contributed by atoms with van der Waals surface area (Å²) < 4.78 is 0. The van der Waals surface area contributed by atoms with Gasteiger partial charge in [0.15, 0.2) is 0 Å². The molecule has 0 saturated carbocycles. The van der Waals surface area contributed by atoms with Gasteiger partial charge in [0.2, 0.25) is 5.91 Å². The Bertz CT molecular complexity index is 415. The number of likely N-dealkylation sites (N-methyl/N-ethyl adjacent to an activating group) is 2. The fourth-order valence-electron chi connectivity index (χ4n) is 1.24. The van der Waals surface area contributed by atoms with Crippen LogP contribution in [0.15, 0.2) is 23.1 Å². The highest BCUT2D eigenvalue weighted by Gasteiger charge is 2.10. The zero-order valence-electron chi connectivity index (χ0n) is 10.4. The van der Waals surface area contributed by atoms with Crippen LogP contribution in [0, 0.1) is 0 Å². The van der Waals surface area contributed by atoms with Crippen molar-refractivity contribution in [2.75, 3.05) is 32.9 Å². The monoisotopic (exact) mass is 306 g/mol. The average Bonchev–Trinajstić information content (AvgIpc) is 2.36. The van der Waals surface area contributed by atoms with Crippen LogP contribution < -0.4 is 5.32 Å². The maximum Gasteiger partial charge on any atom is 0.232 e. The molecule has 0 aliphatic rings. The number of hydrogen-bond donors (Lipinski definition) is 1. The highest BCUT2D eigenvalue weighted by Crippen LogP contribution is 2.29. The molecule has 0 aliphatic heterocycles. The first-order valence-electron chi connectivity index (χ1n) is 5.51. The van der Waals surface area contributed by atoms with Gasteiger partial charge in [-0.15, -0.1) is 11.8 Å². The van der Waals surface area contributed by atoms with Gasteiger partial charge in [-0.2, -0.15) is 0 Å². The number of rotatable bonds is 6. The van der Waals surface area contributed by atoms with Gasteiger partial charge in [-0.05, 0) is 25.2 Å². The number of halogens is 2. The quantitative estimate of drug-likeness (QED) is 0.820. The zero-order valence-corrected chi connectivity index (χ0v) is 12.7. The molecule has 0 fully saturated rings. The Kier molecular flexibility index (Phi) is 6.86. The molecule has 100 valence electrons. The summed E-state index contributed by atoms with van der Waals surface area (Å²) in [5.74, 6) is 0.437. The van der Waals surface area contributed by atoms with Gasteiger partial charge in [0, 0.05) is 30.1 Å². The zero-order chi connectivity index (χ0) is 13.5. The predicted octanol–water partition coefficient (Wildman–Crippen LogP) is 2.76. The summed E-state index contributed by atoms with van der Waals surface area (Å²) in [4.78, 5) is 14.3. The van der Waals surface area contributed by atoms with Gasteiger partial charge in [0.1, 0.15) is 0 Å². The smallest absolute Gasteiger partial charge is 0.232 e. The van der Waals surface area contributed by atoms with Crippen molar-refractivity contribution in [3.8, 4) is 0 Å². The highest BCUT2D eigenvalue weighted by atomic mass is 35.5. The first-order chi connectivity index (χ1) is 8.54. The first-order valence-corrected chi connectivity index (χ1v) is 7.25. The molecule has 1 aromatic carbocycles. The van der Waals surface area contributed by atoms with Crippen LogP contribution >= 0.6 is 35.0 Å². The van der Waals surface area contributed by atoms with Crippen LogP contribution in [0.5, 0.6) is 0 Å². The van der Waals surface area contributed by atoms with Gasteiger partial charge in [0.25, 0.3) is 0 Å². The number of nitrogens with one attached hydrogen (secondary N) is 1. The highest BCUT2D eigenvalue weighted by molar-refractivity contribution is 8.00. The molecule has 1 N–H and O–H groups in total. The van der Waals surface area contributed by atoms with Gasteiger partial charge in [-0.1, -0.05) is 23.2 Å². The third-order valence-electron chi connectivity index (χ3n) is 2.37. The van der Waals surface area contributed by atoms with Crippen LogP contribution in [-0.2, 0) is 4.79 Å². The van der Waals surface area contributed by atoms with Crippen LogP contribution in [0.25, 0.3) is 0 Å². The molecular formula is C12H16Cl2N2OS. The summed E-state index contributed by atoms with van der Waals surface area (Å²) >= 11 is 13.3. The molecular weight excluding hydrogens is 291 g/mol. The standard InChI is InChI=1S/C12H16Cl2N2OS/c1-15-5-6-16(2)12(17)8-18-11-7-9(13)3-4-10(11)14/h3-4,7,15H,5-6,8H2,1-2H3. The van der Waals surface area contributed by atoms with Crippen molar-refractivity contribution in [2.24, 2.45) is 0 Å². The minimum Gasteiger partial charge on any atom is -0.344 e. The Morgan fingerprint density at radius 1 is 1.44 bits per heavy atom. The molecule has 0 saturated heterocycles. The van der Waals surface area contributed by atoms with Gasteiger partial charge >= 0.3 is 0 Å². The van der Waals surface area contributed by atoms with E-state index in [1.807, 2.05) is 7.05 Å². The van der Waals surface area contributed by atoms with E-state index >= 15 is 0 Å². The number of nitrogens with zero attached hydrogens (tertiary/aromatic N) is 1. The number of carbonyl (C=O) groups excluding carboxylic acids is 1. The molecule has 0 aromatic heterocycles. The molecule has 0 heterocycles. The Hall–Kier alpha value is -0.420. The summed E-state index contributed by atoms with van der Waals surface area (Å²) in [6.07, 6.45) is 0. The number of amides is 1. The normalized spacial score (nSPS) is 10.4. The van der Waals surface area contributed by atoms with Crippen molar-refractivity contribution < 1.29 is 4.79 Å². The van der Waals surface area contributed by atoms with Crippen LogP contribution in [0.2, 0.25) is 10.0 Å². The van der Waals surface area contributed by atoms with Crippen molar-refractivity contribution in [1.29, 1.82) is 0 Å². The van der Waals surface area contributed by atoms with E-state index in [9.17, 15) is 4.79 Å². The van der Waals surface area contributed by atoms with Crippen molar-refractivity contribution >= 4 is 40.9 Å². The molecule has 6 heteroatoms. The molecule has 0 radical (unpaired) electrons. The number of thioether (sulfide) groups is 1. The number of hydrogen-bond acceptors (Lipinski definition) is 3. The molecule has 0 unspecified atom stereocenters. The molecule has 1 amide bonds. The largest absolute Gasteiger partial charge is 0.344 e. The molecule has 1 aromatic rings. The maximum atomic E-state index is 11.8. The van der Waals surface area contributed by atoms with Gasteiger partial charge < -0.3 is 10.2 Å². The lowest BCUT2D eigenvalue weighted by atomic mass is 10.4. The predicted molar refractivity (Wildman–Crippen MR) is 78.7 cm³/mol. The Labute approximate surface area is 122 Å². The van der Waals surface area contributed by atoms with E-state index in [-0.39, 0.29) is 5.91 Å². The van der Waals surface area contributed by atoms with E-state index in [0.717, 1.165) is 11.4 Å². The fraction of sp³-hybridized carbons (Fsp3) is 0.417. The van der Waals surface area contributed by atoms with Crippen molar-refractivity contribution in [1.82, 2.24) is 10.2 Å². The number of benzene rings is 1. The lowest BCUT2D eigenvalue weighted by Gasteiger charge is -2.16. The first kappa shape index (κ1) is 15.6. The van der Waals surface area contributed by atoms with Crippen molar-refractivity contribution in [3.05, 3.63) is 28.2 Å². The third kappa shape index (κ3) is 5.06. The van der Waals surface area contributed by atoms with E-state index in [4.69, 9.17) is 23.2 Å².